The van der Waals surface area contributed by atoms with Crippen molar-refractivity contribution in [3.8, 4) is 5.75 Å². The van der Waals surface area contributed by atoms with Crippen LogP contribution < -0.4 is 14.4 Å². The second-order valence-corrected chi connectivity index (χ2v) is 9.83. The summed E-state index contributed by atoms with van der Waals surface area (Å²) in [5.41, 5.74) is 2.18. The van der Waals surface area contributed by atoms with Crippen LogP contribution in [0.4, 0.5) is 5.69 Å². The van der Waals surface area contributed by atoms with E-state index < -0.39 is 10.0 Å². The van der Waals surface area contributed by atoms with Gasteiger partial charge in [0.1, 0.15) is 5.75 Å². The molecule has 1 aliphatic heterocycles. The van der Waals surface area contributed by atoms with Gasteiger partial charge in [0.15, 0.2) is 0 Å². The highest BCUT2D eigenvalue weighted by molar-refractivity contribution is 7.89. The Balaban J connectivity index is 1.32. The van der Waals surface area contributed by atoms with E-state index in [1.54, 1.807) is 7.11 Å². The largest absolute Gasteiger partial charge is 0.497 e. The van der Waals surface area contributed by atoms with Crippen molar-refractivity contribution >= 4 is 27.3 Å². The molecular weight excluding hydrogens is 422 g/mol. The molecule has 0 atom stereocenters. The summed E-state index contributed by atoms with van der Waals surface area (Å²) in [6, 6.07) is 15.5. The lowest BCUT2D eigenvalue weighted by atomic mass is 10.2. The summed E-state index contributed by atoms with van der Waals surface area (Å²) in [5.74, 6) is 0.868. The van der Waals surface area contributed by atoms with Gasteiger partial charge >= 0.3 is 0 Å². The zero-order valence-electron chi connectivity index (χ0n) is 17.4. The minimum atomic E-state index is -3.27. The molecule has 1 heterocycles. The quantitative estimate of drug-likeness (QED) is 0.562. The summed E-state index contributed by atoms with van der Waals surface area (Å²) < 4.78 is 32.3. The number of benzene rings is 2. The third-order valence-electron chi connectivity index (χ3n) is 5.36. The number of anilines is 1. The molecule has 2 aromatic rings. The van der Waals surface area contributed by atoms with E-state index in [0.717, 1.165) is 55.5 Å². The Kier molecular flexibility index (Phi) is 8.39. The molecule has 0 saturated carbocycles. The van der Waals surface area contributed by atoms with Crippen LogP contribution in [-0.2, 0) is 16.4 Å². The maximum Gasteiger partial charge on any atom is 0.211 e. The summed E-state index contributed by atoms with van der Waals surface area (Å²) in [4.78, 5) is 4.74. The number of piperazine rings is 1. The number of sulfonamides is 1. The number of hydrogen-bond donors (Lipinski definition) is 1. The molecule has 0 aliphatic carbocycles. The second kappa shape index (κ2) is 11.0. The number of rotatable bonds is 10. The number of hydrogen-bond acceptors (Lipinski definition) is 5. The van der Waals surface area contributed by atoms with Gasteiger partial charge < -0.3 is 9.64 Å². The Morgan fingerprint density at radius 2 is 1.67 bits per heavy atom. The van der Waals surface area contributed by atoms with Crippen molar-refractivity contribution < 1.29 is 13.2 Å². The minimum Gasteiger partial charge on any atom is -0.497 e. The van der Waals surface area contributed by atoms with Crippen LogP contribution in [0.3, 0.4) is 0 Å². The molecule has 30 heavy (non-hydrogen) atoms. The zero-order valence-corrected chi connectivity index (χ0v) is 19.0. The van der Waals surface area contributed by atoms with Crippen molar-refractivity contribution in [2.45, 2.75) is 12.8 Å². The molecule has 2 aromatic carbocycles. The van der Waals surface area contributed by atoms with E-state index >= 15 is 0 Å². The molecule has 3 rings (SSSR count). The molecule has 0 radical (unpaired) electrons. The number of ether oxygens (including phenoxy) is 1. The minimum absolute atomic E-state index is 0.0963. The highest BCUT2D eigenvalue weighted by Gasteiger charge is 2.17. The molecule has 1 aliphatic rings. The summed E-state index contributed by atoms with van der Waals surface area (Å²) >= 11 is 5.96. The molecule has 1 N–H and O–H groups in total. The van der Waals surface area contributed by atoms with Gasteiger partial charge in [-0.3, -0.25) is 4.90 Å². The number of halogens is 1. The fourth-order valence-corrected chi connectivity index (χ4v) is 4.76. The molecule has 164 valence electrons. The predicted molar refractivity (Wildman–Crippen MR) is 123 cm³/mol. The Morgan fingerprint density at radius 3 is 2.30 bits per heavy atom. The fourth-order valence-electron chi connectivity index (χ4n) is 3.53. The van der Waals surface area contributed by atoms with Crippen LogP contribution in [0.5, 0.6) is 5.75 Å². The van der Waals surface area contributed by atoms with Gasteiger partial charge in [-0.25, -0.2) is 13.1 Å². The molecule has 0 aromatic heterocycles. The average molecular weight is 452 g/mol. The number of methoxy groups -OCH3 is 1. The van der Waals surface area contributed by atoms with Gasteiger partial charge in [0.25, 0.3) is 0 Å². The van der Waals surface area contributed by atoms with Crippen molar-refractivity contribution in [3.05, 3.63) is 59.1 Å². The first-order valence-corrected chi connectivity index (χ1v) is 12.3. The lowest BCUT2D eigenvalue weighted by Crippen LogP contribution is -2.47. The van der Waals surface area contributed by atoms with Crippen LogP contribution in [0, 0.1) is 0 Å². The first-order valence-electron chi connectivity index (χ1n) is 10.3. The monoisotopic (exact) mass is 451 g/mol. The maximum atomic E-state index is 12.2. The molecule has 6 nitrogen and oxygen atoms in total. The molecular formula is C22H30ClN3O3S. The first-order chi connectivity index (χ1) is 14.4. The highest BCUT2D eigenvalue weighted by atomic mass is 35.5. The zero-order chi connectivity index (χ0) is 21.4. The van der Waals surface area contributed by atoms with Gasteiger partial charge in [-0.1, -0.05) is 23.7 Å². The third-order valence-corrected chi connectivity index (χ3v) is 6.99. The van der Waals surface area contributed by atoms with Crippen molar-refractivity contribution in [2.24, 2.45) is 0 Å². The van der Waals surface area contributed by atoms with Crippen LogP contribution in [-0.4, -0.2) is 65.4 Å². The van der Waals surface area contributed by atoms with Gasteiger partial charge in [0, 0.05) is 43.4 Å². The van der Waals surface area contributed by atoms with Crippen LogP contribution in [0.2, 0.25) is 5.02 Å². The molecule has 0 amide bonds. The van der Waals surface area contributed by atoms with Gasteiger partial charge in [0.2, 0.25) is 10.0 Å². The van der Waals surface area contributed by atoms with Crippen LogP contribution in [0.1, 0.15) is 12.0 Å². The topological polar surface area (TPSA) is 61.9 Å². The van der Waals surface area contributed by atoms with Gasteiger partial charge in [-0.05, 0) is 61.3 Å². The maximum absolute atomic E-state index is 12.2. The SMILES string of the molecule is COc1ccc(CCS(=O)(=O)NCCCN2CCN(c3ccc(Cl)cc3)CC2)cc1. The van der Waals surface area contributed by atoms with Gasteiger partial charge in [0.05, 0.1) is 12.9 Å². The smallest absolute Gasteiger partial charge is 0.211 e. The lowest BCUT2D eigenvalue weighted by molar-refractivity contribution is 0.255. The van der Waals surface area contributed by atoms with Crippen LogP contribution in [0.15, 0.2) is 48.5 Å². The number of aryl methyl sites for hydroxylation is 1. The van der Waals surface area contributed by atoms with E-state index in [1.165, 1.54) is 5.69 Å². The number of nitrogens with zero attached hydrogens (tertiary/aromatic N) is 2. The fraction of sp³-hybridized carbons (Fsp3) is 0.455. The predicted octanol–water partition coefficient (Wildman–Crippen LogP) is 3.02. The van der Waals surface area contributed by atoms with E-state index in [0.29, 0.717) is 13.0 Å². The summed E-state index contributed by atoms with van der Waals surface area (Å²) in [7, 11) is -1.65. The standard InChI is InChI=1S/C22H30ClN3O3S/c1-29-22-9-3-19(4-10-22)11-18-30(27,28)24-12-2-13-25-14-16-26(17-15-25)21-7-5-20(23)6-8-21/h3-10,24H,2,11-18H2,1H3. The van der Waals surface area contributed by atoms with Crippen molar-refractivity contribution in [3.63, 3.8) is 0 Å². The molecule has 0 unspecified atom stereocenters. The van der Waals surface area contributed by atoms with E-state index in [-0.39, 0.29) is 5.75 Å². The van der Waals surface area contributed by atoms with Crippen LogP contribution in [0.25, 0.3) is 0 Å². The molecule has 0 bridgehead atoms. The Morgan fingerprint density at radius 1 is 1.00 bits per heavy atom. The Labute approximate surface area is 184 Å². The van der Waals surface area contributed by atoms with Gasteiger partial charge in [-0.2, -0.15) is 0 Å². The average Bonchev–Trinajstić information content (AvgIpc) is 2.77. The molecule has 1 saturated heterocycles. The van der Waals surface area contributed by atoms with Crippen molar-refractivity contribution in [1.82, 2.24) is 9.62 Å². The summed E-state index contributed by atoms with van der Waals surface area (Å²) in [6.07, 6.45) is 1.30. The van der Waals surface area contributed by atoms with E-state index in [9.17, 15) is 8.42 Å². The number of nitrogens with one attached hydrogen (secondary N) is 1. The third kappa shape index (κ3) is 7.16. The van der Waals surface area contributed by atoms with E-state index in [1.807, 2.05) is 36.4 Å². The van der Waals surface area contributed by atoms with E-state index in [4.69, 9.17) is 16.3 Å². The Bertz CT molecular complexity index is 881. The van der Waals surface area contributed by atoms with Crippen LogP contribution >= 0.6 is 11.6 Å². The highest BCUT2D eigenvalue weighted by Crippen LogP contribution is 2.19. The molecule has 1 fully saturated rings. The molecule has 0 spiro atoms. The van der Waals surface area contributed by atoms with Crippen molar-refractivity contribution in [1.29, 1.82) is 0 Å². The van der Waals surface area contributed by atoms with E-state index in [2.05, 4.69) is 26.7 Å². The second-order valence-electron chi connectivity index (χ2n) is 7.47. The summed E-state index contributed by atoms with van der Waals surface area (Å²) in [5, 5.41) is 0.754. The summed E-state index contributed by atoms with van der Waals surface area (Å²) in [6.45, 7) is 5.27. The molecule has 8 heteroatoms. The normalized spacial score (nSPS) is 15.3. The van der Waals surface area contributed by atoms with Gasteiger partial charge in [-0.15, -0.1) is 0 Å². The van der Waals surface area contributed by atoms with Crippen molar-refractivity contribution in [2.75, 3.05) is 57.0 Å². The lowest BCUT2D eigenvalue weighted by Gasteiger charge is -2.36. The first kappa shape index (κ1) is 22.9. The Hall–Kier alpha value is -1.80.